The SMILES string of the molecule is O=C1CC2CCCC([C@@H]2C(=O)C(F)(F)F)[C@H]1c1cccs1. The Hall–Kier alpha value is -1.17. The number of hydrogen-bond acceptors (Lipinski definition) is 3. The van der Waals surface area contributed by atoms with Gasteiger partial charge in [-0.1, -0.05) is 12.5 Å². The predicted molar refractivity (Wildman–Crippen MR) is 72.1 cm³/mol. The Morgan fingerprint density at radius 1 is 1.29 bits per heavy atom. The highest BCUT2D eigenvalue weighted by Gasteiger charge is 2.55. The molecule has 0 N–H and O–H groups in total. The van der Waals surface area contributed by atoms with E-state index in [1.54, 1.807) is 12.1 Å². The van der Waals surface area contributed by atoms with Crippen LogP contribution in [0.25, 0.3) is 0 Å². The maximum Gasteiger partial charge on any atom is 0.450 e. The zero-order valence-electron chi connectivity index (χ0n) is 11.2. The summed E-state index contributed by atoms with van der Waals surface area (Å²) in [6, 6.07) is 3.58. The van der Waals surface area contributed by atoms with Crippen LogP contribution in [0, 0.1) is 17.8 Å². The molecule has 2 fully saturated rings. The third-order valence-electron chi connectivity index (χ3n) is 4.75. The Morgan fingerprint density at radius 2 is 2.05 bits per heavy atom. The number of carbonyl (C=O) groups excluding carboxylic acids is 2. The van der Waals surface area contributed by atoms with Gasteiger partial charge in [-0.2, -0.15) is 13.2 Å². The Kier molecular flexibility index (Phi) is 3.67. The van der Waals surface area contributed by atoms with Crippen molar-refractivity contribution in [1.82, 2.24) is 0 Å². The predicted octanol–water partition coefficient (Wildman–Crippen LogP) is 3.97. The average molecular weight is 316 g/mol. The highest BCUT2D eigenvalue weighted by molar-refractivity contribution is 7.10. The van der Waals surface area contributed by atoms with E-state index >= 15 is 0 Å². The van der Waals surface area contributed by atoms with E-state index < -0.39 is 35.6 Å². The van der Waals surface area contributed by atoms with Crippen LogP contribution in [0.15, 0.2) is 17.5 Å². The van der Waals surface area contributed by atoms with Crippen molar-refractivity contribution in [1.29, 1.82) is 0 Å². The van der Waals surface area contributed by atoms with Crippen LogP contribution in [0.3, 0.4) is 0 Å². The van der Waals surface area contributed by atoms with Crippen LogP contribution in [0.1, 0.15) is 36.5 Å². The fraction of sp³-hybridized carbons (Fsp3) is 0.600. The van der Waals surface area contributed by atoms with E-state index in [4.69, 9.17) is 0 Å². The summed E-state index contributed by atoms with van der Waals surface area (Å²) in [5, 5.41) is 1.82. The van der Waals surface area contributed by atoms with Crippen molar-refractivity contribution in [3.05, 3.63) is 22.4 Å². The molecular formula is C15H15F3O2S. The third kappa shape index (κ3) is 2.54. The molecule has 6 heteroatoms. The number of ketones is 2. The summed E-state index contributed by atoms with van der Waals surface area (Å²) in [5.74, 6) is -4.12. The second-order valence-electron chi connectivity index (χ2n) is 5.91. The van der Waals surface area contributed by atoms with E-state index in [2.05, 4.69) is 0 Å². The van der Waals surface area contributed by atoms with Gasteiger partial charge in [-0.3, -0.25) is 9.59 Å². The molecule has 0 saturated heterocycles. The van der Waals surface area contributed by atoms with Gasteiger partial charge in [0.2, 0.25) is 5.78 Å². The highest BCUT2D eigenvalue weighted by atomic mass is 32.1. The maximum absolute atomic E-state index is 12.9. The van der Waals surface area contributed by atoms with E-state index in [9.17, 15) is 22.8 Å². The first kappa shape index (κ1) is 14.8. The van der Waals surface area contributed by atoms with Crippen molar-refractivity contribution in [3.63, 3.8) is 0 Å². The normalized spacial score (nSPS) is 33.0. The summed E-state index contributed by atoms with van der Waals surface area (Å²) in [5.41, 5.74) is 0. The molecule has 2 saturated carbocycles. The average Bonchev–Trinajstić information content (AvgIpc) is 2.90. The van der Waals surface area contributed by atoms with Crippen LogP contribution >= 0.6 is 11.3 Å². The van der Waals surface area contributed by atoms with Crippen LogP contribution in [-0.2, 0) is 9.59 Å². The largest absolute Gasteiger partial charge is 0.450 e. The van der Waals surface area contributed by atoms with Crippen molar-refractivity contribution < 1.29 is 22.8 Å². The van der Waals surface area contributed by atoms with Crippen LogP contribution in [-0.4, -0.2) is 17.7 Å². The first-order valence-electron chi connectivity index (χ1n) is 7.06. The Morgan fingerprint density at radius 3 is 2.67 bits per heavy atom. The smallest absolute Gasteiger partial charge is 0.299 e. The number of halogens is 3. The molecule has 3 rings (SSSR count). The number of carbonyl (C=O) groups is 2. The number of hydrogen-bond donors (Lipinski definition) is 0. The van der Waals surface area contributed by atoms with Crippen LogP contribution in [0.2, 0.25) is 0 Å². The lowest BCUT2D eigenvalue weighted by atomic mass is 9.58. The van der Waals surface area contributed by atoms with Gasteiger partial charge in [0.25, 0.3) is 0 Å². The maximum atomic E-state index is 12.9. The van der Waals surface area contributed by atoms with Gasteiger partial charge in [-0.25, -0.2) is 0 Å². The second kappa shape index (κ2) is 5.23. The van der Waals surface area contributed by atoms with Crippen molar-refractivity contribution in [2.75, 3.05) is 0 Å². The Balaban J connectivity index is 1.97. The number of Topliss-reactive ketones (excluding diaryl/α,β-unsaturated/α-hetero) is 2. The molecule has 2 aliphatic rings. The van der Waals surface area contributed by atoms with Gasteiger partial charge in [0.05, 0.1) is 5.92 Å². The fourth-order valence-corrected chi connectivity index (χ4v) is 4.91. The zero-order chi connectivity index (χ0) is 15.2. The molecule has 2 nitrogen and oxygen atoms in total. The number of thiophene rings is 1. The molecule has 0 aliphatic heterocycles. The number of fused-ring (bicyclic) bond motifs is 2. The fourth-order valence-electron chi connectivity index (χ4n) is 3.99. The van der Waals surface area contributed by atoms with E-state index in [0.717, 1.165) is 11.3 Å². The minimum Gasteiger partial charge on any atom is -0.299 e. The van der Waals surface area contributed by atoms with Gasteiger partial charge in [0.15, 0.2) is 0 Å². The molecule has 2 aliphatic carbocycles. The molecule has 0 aromatic carbocycles. The van der Waals surface area contributed by atoms with Gasteiger partial charge in [0, 0.05) is 17.2 Å². The molecule has 1 aromatic heterocycles. The lowest BCUT2D eigenvalue weighted by Crippen LogP contribution is -2.49. The molecule has 2 bridgehead atoms. The zero-order valence-corrected chi connectivity index (χ0v) is 12.0. The standard InChI is InChI=1S/C15H15F3O2S/c16-15(17,18)14(20)12-8-3-1-4-9(12)13(10(19)7-8)11-5-2-6-21-11/h2,5-6,8-9,12-13H,1,3-4,7H2/t8?,9?,12-,13-/m1/s1. The molecule has 1 aromatic rings. The minimum absolute atomic E-state index is 0.00151. The first-order chi connectivity index (χ1) is 9.89. The molecule has 114 valence electrons. The molecule has 2 unspecified atom stereocenters. The van der Waals surface area contributed by atoms with Crippen molar-refractivity contribution in [3.8, 4) is 0 Å². The minimum atomic E-state index is -4.81. The van der Waals surface area contributed by atoms with E-state index in [0.29, 0.717) is 12.8 Å². The highest BCUT2D eigenvalue weighted by Crippen LogP contribution is 2.52. The molecule has 0 radical (unpaired) electrons. The lowest BCUT2D eigenvalue weighted by molar-refractivity contribution is -0.183. The van der Waals surface area contributed by atoms with E-state index in [1.807, 2.05) is 5.38 Å². The molecule has 0 amide bonds. The monoisotopic (exact) mass is 316 g/mol. The quantitative estimate of drug-likeness (QED) is 0.827. The molecule has 1 heterocycles. The summed E-state index contributed by atoms with van der Waals surface area (Å²) in [4.78, 5) is 25.0. The summed E-state index contributed by atoms with van der Waals surface area (Å²) < 4.78 is 38.6. The van der Waals surface area contributed by atoms with Crippen LogP contribution in [0.4, 0.5) is 13.2 Å². The molecule has 0 spiro atoms. The van der Waals surface area contributed by atoms with Crippen LogP contribution in [0.5, 0.6) is 0 Å². The van der Waals surface area contributed by atoms with Crippen LogP contribution < -0.4 is 0 Å². The van der Waals surface area contributed by atoms with E-state index in [1.165, 1.54) is 11.3 Å². The van der Waals surface area contributed by atoms with Crippen molar-refractivity contribution >= 4 is 22.9 Å². The van der Waals surface area contributed by atoms with Gasteiger partial charge in [0.1, 0.15) is 5.78 Å². The van der Waals surface area contributed by atoms with Gasteiger partial charge in [-0.05, 0) is 36.1 Å². The lowest BCUT2D eigenvalue weighted by Gasteiger charge is -2.45. The number of alkyl halides is 3. The Bertz CT molecular complexity index is 550. The topological polar surface area (TPSA) is 34.1 Å². The third-order valence-corrected chi connectivity index (χ3v) is 5.71. The van der Waals surface area contributed by atoms with Gasteiger partial charge in [-0.15, -0.1) is 11.3 Å². The molecule has 21 heavy (non-hydrogen) atoms. The Labute approximate surface area is 124 Å². The summed E-state index contributed by atoms with van der Waals surface area (Å²) in [6.45, 7) is 0. The van der Waals surface area contributed by atoms with E-state index in [-0.39, 0.29) is 12.2 Å². The van der Waals surface area contributed by atoms with Gasteiger partial charge >= 0.3 is 6.18 Å². The first-order valence-corrected chi connectivity index (χ1v) is 7.94. The summed E-state index contributed by atoms with van der Waals surface area (Å²) in [7, 11) is 0. The molecule has 4 atom stereocenters. The number of rotatable bonds is 2. The van der Waals surface area contributed by atoms with Crippen molar-refractivity contribution in [2.24, 2.45) is 17.8 Å². The van der Waals surface area contributed by atoms with Gasteiger partial charge < -0.3 is 0 Å². The molecular weight excluding hydrogens is 301 g/mol. The summed E-state index contributed by atoms with van der Waals surface area (Å²) >= 11 is 1.39. The second-order valence-corrected chi connectivity index (χ2v) is 6.89. The van der Waals surface area contributed by atoms with Crippen molar-refractivity contribution in [2.45, 2.75) is 37.8 Å². The summed E-state index contributed by atoms with van der Waals surface area (Å²) in [6.07, 6.45) is -2.83.